The standard InChI is InChI=1S/C19H15Cl3F3N3O2/c20-11-1-3-13(14(22)9-11)17(29)26-15-10-12(21)2-4-16(15)27-5-7-28(8-6-27)18(30)19(23,24)25/h1-4,9-10H,5-8H2,(H,26,29). The van der Waals surface area contributed by atoms with Gasteiger partial charge in [-0.3, -0.25) is 9.59 Å². The van der Waals surface area contributed by atoms with Gasteiger partial charge in [0.15, 0.2) is 0 Å². The highest BCUT2D eigenvalue weighted by molar-refractivity contribution is 6.37. The van der Waals surface area contributed by atoms with Crippen molar-refractivity contribution in [1.29, 1.82) is 0 Å². The number of piperazine rings is 1. The zero-order chi connectivity index (χ0) is 22.1. The summed E-state index contributed by atoms with van der Waals surface area (Å²) < 4.78 is 37.9. The first-order valence-corrected chi connectivity index (χ1v) is 9.86. The quantitative estimate of drug-likeness (QED) is 0.664. The summed E-state index contributed by atoms with van der Waals surface area (Å²) in [7, 11) is 0. The van der Waals surface area contributed by atoms with Crippen LogP contribution in [0.25, 0.3) is 0 Å². The van der Waals surface area contributed by atoms with Crippen LogP contribution in [0.2, 0.25) is 15.1 Å². The molecule has 3 rings (SSSR count). The molecule has 1 N–H and O–H groups in total. The number of benzene rings is 2. The van der Waals surface area contributed by atoms with Gasteiger partial charge in [-0.25, -0.2) is 0 Å². The number of hydrogen-bond acceptors (Lipinski definition) is 3. The Labute approximate surface area is 185 Å². The normalized spacial score (nSPS) is 14.6. The van der Waals surface area contributed by atoms with Gasteiger partial charge in [0.05, 0.1) is 22.0 Å². The Morgan fingerprint density at radius 2 is 1.50 bits per heavy atom. The number of amides is 2. The molecule has 0 radical (unpaired) electrons. The highest BCUT2D eigenvalue weighted by atomic mass is 35.5. The second-order valence-corrected chi connectivity index (χ2v) is 7.80. The molecule has 2 amide bonds. The van der Waals surface area contributed by atoms with Gasteiger partial charge in [0.25, 0.3) is 5.91 Å². The molecule has 1 saturated heterocycles. The molecule has 5 nitrogen and oxygen atoms in total. The molecule has 1 fully saturated rings. The van der Waals surface area contributed by atoms with Crippen LogP contribution in [-0.4, -0.2) is 49.1 Å². The molecule has 0 atom stereocenters. The van der Waals surface area contributed by atoms with E-state index in [1.807, 2.05) is 0 Å². The SMILES string of the molecule is O=C(Nc1cc(Cl)ccc1N1CCN(C(=O)C(F)(F)F)CC1)c1ccc(Cl)cc1Cl. The van der Waals surface area contributed by atoms with Crippen LogP contribution in [0.5, 0.6) is 0 Å². The smallest absolute Gasteiger partial charge is 0.366 e. The van der Waals surface area contributed by atoms with E-state index in [1.165, 1.54) is 24.3 Å². The van der Waals surface area contributed by atoms with Crippen molar-refractivity contribution < 1.29 is 22.8 Å². The first kappa shape index (κ1) is 22.5. The van der Waals surface area contributed by atoms with Gasteiger partial charge in [0.2, 0.25) is 0 Å². The fourth-order valence-electron chi connectivity index (χ4n) is 3.08. The van der Waals surface area contributed by atoms with Crippen LogP contribution in [0.3, 0.4) is 0 Å². The molecule has 2 aromatic carbocycles. The number of carbonyl (C=O) groups excluding carboxylic acids is 2. The van der Waals surface area contributed by atoms with Crippen molar-refractivity contribution >= 4 is 58.0 Å². The van der Waals surface area contributed by atoms with Crippen LogP contribution >= 0.6 is 34.8 Å². The van der Waals surface area contributed by atoms with Gasteiger partial charge in [-0.15, -0.1) is 0 Å². The Kier molecular flexibility index (Phi) is 6.69. The summed E-state index contributed by atoms with van der Waals surface area (Å²) in [4.78, 5) is 26.6. The number of carbonyl (C=O) groups is 2. The van der Waals surface area contributed by atoms with Crippen LogP contribution in [0.15, 0.2) is 36.4 Å². The van der Waals surface area contributed by atoms with Crippen molar-refractivity contribution in [2.45, 2.75) is 6.18 Å². The van der Waals surface area contributed by atoms with Gasteiger partial charge in [0.1, 0.15) is 0 Å². The lowest BCUT2D eigenvalue weighted by atomic mass is 10.1. The molecule has 2 aromatic rings. The number of hydrogen-bond donors (Lipinski definition) is 1. The summed E-state index contributed by atoms with van der Waals surface area (Å²) in [5.41, 5.74) is 1.14. The van der Waals surface area contributed by atoms with Gasteiger partial charge in [-0.2, -0.15) is 13.2 Å². The molecule has 0 aliphatic carbocycles. The predicted molar refractivity (Wildman–Crippen MR) is 111 cm³/mol. The van der Waals surface area contributed by atoms with E-state index in [2.05, 4.69) is 5.32 Å². The summed E-state index contributed by atoms with van der Waals surface area (Å²) in [5, 5.41) is 3.64. The van der Waals surface area contributed by atoms with Crippen LogP contribution in [-0.2, 0) is 4.79 Å². The van der Waals surface area contributed by atoms with Crippen LogP contribution < -0.4 is 10.2 Å². The van der Waals surface area contributed by atoms with E-state index in [0.717, 1.165) is 4.90 Å². The van der Waals surface area contributed by atoms with Gasteiger partial charge < -0.3 is 15.1 Å². The van der Waals surface area contributed by atoms with Gasteiger partial charge >= 0.3 is 12.1 Å². The third-order valence-corrected chi connectivity index (χ3v) is 5.32. The third-order valence-electron chi connectivity index (χ3n) is 4.53. The first-order chi connectivity index (χ1) is 14.1. The summed E-state index contributed by atoms with van der Waals surface area (Å²) in [6.07, 6.45) is -4.90. The minimum absolute atomic E-state index is 0.0998. The molecule has 160 valence electrons. The topological polar surface area (TPSA) is 52.7 Å². The highest BCUT2D eigenvalue weighted by Crippen LogP contribution is 2.32. The molecule has 0 spiro atoms. The van der Waals surface area contributed by atoms with E-state index in [0.29, 0.717) is 21.4 Å². The fourth-order valence-corrected chi connectivity index (χ4v) is 3.74. The molecule has 0 bridgehead atoms. The number of nitrogens with zero attached hydrogens (tertiary/aromatic N) is 2. The van der Waals surface area contributed by atoms with Crippen LogP contribution in [0.1, 0.15) is 10.4 Å². The van der Waals surface area contributed by atoms with Crippen LogP contribution in [0.4, 0.5) is 24.5 Å². The van der Waals surface area contributed by atoms with Crippen molar-refractivity contribution in [3.05, 3.63) is 57.0 Å². The first-order valence-electron chi connectivity index (χ1n) is 8.73. The summed E-state index contributed by atoms with van der Waals surface area (Å²) in [5.74, 6) is -2.35. The van der Waals surface area contributed by atoms with E-state index in [9.17, 15) is 22.8 Å². The Balaban J connectivity index is 1.78. The maximum atomic E-state index is 12.7. The van der Waals surface area contributed by atoms with E-state index >= 15 is 0 Å². The van der Waals surface area contributed by atoms with Gasteiger partial charge in [0, 0.05) is 36.2 Å². The van der Waals surface area contributed by atoms with Crippen molar-refractivity contribution in [1.82, 2.24) is 4.90 Å². The number of alkyl halides is 3. The zero-order valence-electron chi connectivity index (χ0n) is 15.3. The van der Waals surface area contributed by atoms with E-state index < -0.39 is 18.0 Å². The number of rotatable bonds is 3. The average Bonchev–Trinajstić information content (AvgIpc) is 2.67. The predicted octanol–water partition coefficient (Wildman–Crippen LogP) is 5.11. The minimum atomic E-state index is -4.90. The summed E-state index contributed by atoms with van der Waals surface area (Å²) in [6, 6.07) is 9.24. The molecule has 11 heteroatoms. The summed E-state index contributed by atoms with van der Waals surface area (Å²) in [6.45, 7) is 0.122. The van der Waals surface area contributed by atoms with E-state index in [4.69, 9.17) is 34.8 Å². The molecular formula is C19H15Cl3F3N3O2. The van der Waals surface area contributed by atoms with E-state index in [1.54, 1.807) is 17.0 Å². The van der Waals surface area contributed by atoms with Gasteiger partial charge in [-0.1, -0.05) is 34.8 Å². The highest BCUT2D eigenvalue weighted by Gasteiger charge is 2.43. The van der Waals surface area contributed by atoms with Crippen molar-refractivity contribution in [2.24, 2.45) is 0 Å². The number of nitrogens with one attached hydrogen (secondary N) is 1. The second-order valence-electron chi connectivity index (χ2n) is 6.52. The Bertz CT molecular complexity index is 977. The maximum Gasteiger partial charge on any atom is 0.471 e. The molecule has 0 aromatic heterocycles. The fraction of sp³-hybridized carbons (Fsp3) is 0.263. The number of anilines is 2. The van der Waals surface area contributed by atoms with Gasteiger partial charge in [-0.05, 0) is 36.4 Å². The lowest BCUT2D eigenvalue weighted by molar-refractivity contribution is -0.185. The average molecular weight is 481 g/mol. The molecule has 0 unspecified atom stereocenters. The Morgan fingerprint density at radius 1 is 0.900 bits per heavy atom. The monoisotopic (exact) mass is 479 g/mol. The van der Waals surface area contributed by atoms with Crippen molar-refractivity contribution in [3.63, 3.8) is 0 Å². The Hall–Kier alpha value is -2.16. The molecular weight excluding hydrogens is 466 g/mol. The zero-order valence-corrected chi connectivity index (χ0v) is 17.5. The molecule has 30 heavy (non-hydrogen) atoms. The second kappa shape index (κ2) is 8.91. The van der Waals surface area contributed by atoms with E-state index in [-0.39, 0.29) is 36.8 Å². The van der Waals surface area contributed by atoms with Crippen molar-refractivity contribution in [3.8, 4) is 0 Å². The maximum absolute atomic E-state index is 12.7. The third kappa shape index (κ3) is 5.11. The largest absolute Gasteiger partial charge is 0.471 e. The molecule has 1 aliphatic rings. The van der Waals surface area contributed by atoms with Crippen molar-refractivity contribution in [2.75, 3.05) is 36.4 Å². The van der Waals surface area contributed by atoms with Crippen LogP contribution in [0, 0.1) is 0 Å². The number of halogens is 6. The molecule has 1 heterocycles. The minimum Gasteiger partial charge on any atom is -0.366 e. The Morgan fingerprint density at radius 3 is 2.10 bits per heavy atom. The molecule has 0 saturated carbocycles. The lowest BCUT2D eigenvalue weighted by Crippen LogP contribution is -2.52. The summed E-state index contributed by atoms with van der Waals surface area (Å²) >= 11 is 18.0. The molecule has 1 aliphatic heterocycles. The lowest BCUT2D eigenvalue weighted by Gasteiger charge is -2.37.